The van der Waals surface area contributed by atoms with E-state index in [2.05, 4.69) is 54.5 Å². The van der Waals surface area contributed by atoms with Gasteiger partial charge in [0, 0.05) is 25.5 Å². The normalized spacial score (nSPS) is 14.7. The molecule has 0 radical (unpaired) electrons. The zero-order chi connectivity index (χ0) is 13.9. The molecular formula is C17H23N3. The van der Waals surface area contributed by atoms with Crippen LogP contribution in [-0.2, 0) is 6.54 Å². The van der Waals surface area contributed by atoms with Crippen LogP contribution in [-0.4, -0.2) is 25.1 Å². The van der Waals surface area contributed by atoms with Gasteiger partial charge >= 0.3 is 0 Å². The summed E-state index contributed by atoms with van der Waals surface area (Å²) in [7, 11) is 2.16. The Morgan fingerprint density at radius 2 is 2.10 bits per heavy atom. The molecule has 1 fully saturated rings. The number of hydrogen-bond donors (Lipinski definition) is 1. The number of rotatable bonds is 6. The van der Waals surface area contributed by atoms with Crippen molar-refractivity contribution in [3.05, 3.63) is 35.9 Å². The van der Waals surface area contributed by atoms with Gasteiger partial charge in [0.05, 0.1) is 5.52 Å². The van der Waals surface area contributed by atoms with Crippen molar-refractivity contribution < 1.29 is 0 Å². The summed E-state index contributed by atoms with van der Waals surface area (Å²) in [5, 5.41) is 4.69. The number of aromatic nitrogens is 1. The van der Waals surface area contributed by atoms with Gasteiger partial charge < -0.3 is 10.2 Å². The van der Waals surface area contributed by atoms with E-state index in [0.29, 0.717) is 0 Å². The van der Waals surface area contributed by atoms with Crippen LogP contribution in [0.15, 0.2) is 30.3 Å². The second kappa shape index (κ2) is 5.80. The zero-order valence-corrected chi connectivity index (χ0v) is 12.4. The van der Waals surface area contributed by atoms with Crippen LogP contribution in [0.25, 0.3) is 10.9 Å². The van der Waals surface area contributed by atoms with Gasteiger partial charge in [0.25, 0.3) is 0 Å². The van der Waals surface area contributed by atoms with Crippen molar-refractivity contribution in [3.8, 4) is 0 Å². The molecular weight excluding hydrogens is 246 g/mol. The number of anilines is 1. The van der Waals surface area contributed by atoms with E-state index in [0.717, 1.165) is 36.9 Å². The predicted octanol–water partition coefficient (Wildman–Crippen LogP) is 3.19. The van der Waals surface area contributed by atoms with Crippen molar-refractivity contribution in [3.63, 3.8) is 0 Å². The summed E-state index contributed by atoms with van der Waals surface area (Å²) in [4.78, 5) is 7.13. The van der Waals surface area contributed by atoms with E-state index in [-0.39, 0.29) is 0 Å². The number of fused-ring (bicyclic) bond motifs is 1. The minimum atomic E-state index is 0.880. The molecule has 0 atom stereocenters. The second-order valence-electron chi connectivity index (χ2n) is 5.76. The maximum Gasteiger partial charge on any atom is 0.129 e. The predicted molar refractivity (Wildman–Crippen MR) is 85.1 cm³/mol. The Hall–Kier alpha value is -1.61. The van der Waals surface area contributed by atoms with Crippen LogP contribution in [0.3, 0.4) is 0 Å². The molecule has 1 aliphatic rings. The molecule has 0 aliphatic heterocycles. The average Bonchev–Trinajstić information content (AvgIpc) is 3.28. The number of nitrogens with one attached hydrogen (secondary N) is 1. The van der Waals surface area contributed by atoms with Gasteiger partial charge in [-0.1, -0.05) is 25.1 Å². The maximum atomic E-state index is 4.82. The summed E-state index contributed by atoms with van der Waals surface area (Å²) >= 11 is 0. The van der Waals surface area contributed by atoms with Gasteiger partial charge in [0.1, 0.15) is 5.82 Å². The molecule has 1 N–H and O–H groups in total. The molecule has 1 aromatic carbocycles. The summed E-state index contributed by atoms with van der Waals surface area (Å²) in [6.45, 7) is 5.17. The fourth-order valence-corrected chi connectivity index (χ4v) is 2.61. The van der Waals surface area contributed by atoms with Crippen molar-refractivity contribution >= 4 is 16.7 Å². The molecule has 3 heteroatoms. The highest BCUT2D eigenvalue weighted by Crippen LogP contribution is 2.31. The SMILES string of the molecule is CCNCc1cc(N(C)CC2CC2)nc2ccccc12. The Kier molecular flexibility index (Phi) is 3.88. The van der Waals surface area contributed by atoms with Gasteiger partial charge in [-0.25, -0.2) is 4.98 Å². The van der Waals surface area contributed by atoms with E-state index in [1.807, 2.05) is 0 Å². The molecule has 0 amide bonds. The van der Waals surface area contributed by atoms with Gasteiger partial charge in [-0.05, 0) is 43.0 Å². The minimum absolute atomic E-state index is 0.880. The number of para-hydroxylation sites is 1. The van der Waals surface area contributed by atoms with E-state index in [4.69, 9.17) is 4.98 Å². The Balaban J connectivity index is 1.95. The highest BCUT2D eigenvalue weighted by molar-refractivity contribution is 5.84. The van der Waals surface area contributed by atoms with Gasteiger partial charge in [-0.3, -0.25) is 0 Å². The largest absolute Gasteiger partial charge is 0.359 e. The molecule has 0 bridgehead atoms. The molecule has 3 nitrogen and oxygen atoms in total. The van der Waals surface area contributed by atoms with Crippen molar-refractivity contribution in [2.45, 2.75) is 26.3 Å². The third-order valence-electron chi connectivity index (χ3n) is 3.97. The summed E-state index contributed by atoms with van der Waals surface area (Å²) in [5.41, 5.74) is 2.44. The van der Waals surface area contributed by atoms with Crippen LogP contribution < -0.4 is 10.2 Å². The van der Waals surface area contributed by atoms with E-state index in [9.17, 15) is 0 Å². The Labute approximate surface area is 121 Å². The third-order valence-corrected chi connectivity index (χ3v) is 3.97. The molecule has 2 aromatic rings. The monoisotopic (exact) mass is 269 g/mol. The lowest BCUT2D eigenvalue weighted by atomic mass is 10.1. The van der Waals surface area contributed by atoms with Crippen LogP contribution in [0, 0.1) is 5.92 Å². The topological polar surface area (TPSA) is 28.2 Å². The van der Waals surface area contributed by atoms with Crippen molar-refractivity contribution in [1.82, 2.24) is 10.3 Å². The summed E-state index contributed by atoms with van der Waals surface area (Å²) in [5.74, 6) is 1.98. The van der Waals surface area contributed by atoms with Crippen molar-refractivity contribution in [2.75, 3.05) is 25.0 Å². The van der Waals surface area contributed by atoms with Crippen LogP contribution in [0.5, 0.6) is 0 Å². The molecule has 20 heavy (non-hydrogen) atoms. The second-order valence-corrected chi connectivity index (χ2v) is 5.76. The Bertz CT molecular complexity index is 590. The standard InChI is InChI=1S/C17H23N3/c1-3-18-11-14-10-17(20(2)12-13-8-9-13)19-16-7-5-4-6-15(14)16/h4-7,10,13,18H,3,8-9,11-12H2,1-2H3. The van der Waals surface area contributed by atoms with E-state index >= 15 is 0 Å². The molecule has 0 spiro atoms. The third kappa shape index (κ3) is 2.93. The molecule has 1 heterocycles. The number of pyridine rings is 1. The first kappa shape index (κ1) is 13.4. The summed E-state index contributed by atoms with van der Waals surface area (Å²) in [6, 6.07) is 10.7. The molecule has 0 saturated heterocycles. The fourth-order valence-electron chi connectivity index (χ4n) is 2.61. The first-order valence-corrected chi connectivity index (χ1v) is 7.58. The van der Waals surface area contributed by atoms with Crippen molar-refractivity contribution in [2.24, 2.45) is 5.92 Å². The lowest BCUT2D eigenvalue weighted by molar-refractivity contribution is 0.728. The first-order valence-electron chi connectivity index (χ1n) is 7.58. The van der Waals surface area contributed by atoms with Crippen LogP contribution in [0.1, 0.15) is 25.3 Å². The average molecular weight is 269 g/mol. The highest BCUT2D eigenvalue weighted by Gasteiger charge is 2.23. The molecule has 1 aromatic heterocycles. The van der Waals surface area contributed by atoms with Gasteiger partial charge in [0.2, 0.25) is 0 Å². The zero-order valence-electron chi connectivity index (χ0n) is 12.4. The van der Waals surface area contributed by atoms with Gasteiger partial charge in [-0.2, -0.15) is 0 Å². The van der Waals surface area contributed by atoms with E-state index < -0.39 is 0 Å². The van der Waals surface area contributed by atoms with E-state index in [1.165, 1.54) is 23.8 Å². The molecule has 106 valence electrons. The van der Waals surface area contributed by atoms with Gasteiger partial charge in [-0.15, -0.1) is 0 Å². The van der Waals surface area contributed by atoms with Crippen molar-refractivity contribution in [1.29, 1.82) is 0 Å². The van der Waals surface area contributed by atoms with Gasteiger partial charge in [0.15, 0.2) is 0 Å². The maximum absolute atomic E-state index is 4.82. The number of hydrogen-bond acceptors (Lipinski definition) is 3. The Morgan fingerprint density at radius 3 is 2.85 bits per heavy atom. The summed E-state index contributed by atoms with van der Waals surface area (Å²) < 4.78 is 0. The molecule has 0 unspecified atom stereocenters. The van der Waals surface area contributed by atoms with E-state index in [1.54, 1.807) is 0 Å². The lowest BCUT2D eigenvalue weighted by Gasteiger charge is -2.20. The molecule has 3 rings (SSSR count). The quantitative estimate of drug-likeness (QED) is 0.873. The number of nitrogens with zero attached hydrogens (tertiary/aromatic N) is 2. The Morgan fingerprint density at radius 1 is 1.30 bits per heavy atom. The van der Waals surface area contributed by atoms with Crippen LogP contribution in [0.2, 0.25) is 0 Å². The van der Waals surface area contributed by atoms with Crippen LogP contribution >= 0.6 is 0 Å². The lowest BCUT2D eigenvalue weighted by Crippen LogP contribution is -2.22. The molecule has 1 aliphatic carbocycles. The highest BCUT2D eigenvalue weighted by atomic mass is 15.2. The molecule has 1 saturated carbocycles. The minimum Gasteiger partial charge on any atom is -0.359 e. The summed E-state index contributed by atoms with van der Waals surface area (Å²) in [6.07, 6.45) is 2.75. The first-order chi connectivity index (χ1) is 9.78. The number of benzene rings is 1. The smallest absolute Gasteiger partial charge is 0.129 e. The fraction of sp³-hybridized carbons (Fsp3) is 0.471. The van der Waals surface area contributed by atoms with Crippen LogP contribution in [0.4, 0.5) is 5.82 Å².